The molecule has 0 amide bonds. The van der Waals surface area contributed by atoms with Crippen LogP contribution in [0.5, 0.6) is 5.75 Å². The van der Waals surface area contributed by atoms with E-state index in [0.29, 0.717) is 41.8 Å². The second-order valence-electron chi connectivity index (χ2n) is 8.39. The van der Waals surface area contributed by atoms with Gasteiger partial charge in [-0.2, -0.15) is 0 Å². The smallest absolute Gasteiger partial charge is 0.240 e. The number of nitrogens with zero attached hydrogens (tertiary/aromatic N) is 1. The van der Waals surface area contributed by atoms with Crippen LogP contribution in [0.25, 0.3) is 10.9 Å². The lowest BCUT2D eigenvalue weighted by molar-refractivity contribution is 0.214. The van der Waals surface area contributed by atoms with E-state index in [2.05, 4.69) is 19.9 Å². The SMILES string of the molecule is O=S(=O)(NCCCc1c[nH]c2c(Cl)cc(Cl)cc12)c1ccc(OCCCN2CCNCC2)cc1. The van der Waals surface area contributed by atoms with Crippen LogP contribution in [0.4, 0.5) is 0 Å². The summed E-state index contributed by atoms with van der Waals surface area (Å²) in [6.45, 7) is 6.17. The number of aryl methyl sites for hydroxylation is 1. The van der Waals surface area contributed by atoms with Crippen LogP contribution in [0.15, 0.2) is 47.5 Å². The van der Waals surface area contributed by atoms with Crippen molar-refractivity contribution in [1.82, 2.24) is 19.9 Å². The van der Waals surface area contributed by atoms with E-state index in [1.54, 1.807) is 30.3 Å². The van der Waals surface area contributed by atoms with Gasteiger partial charge in [0.25, 0.3) is 0 Å². The molecule has 4 rings (SSSR count). The van der Waals surface area contributed by atoms with Crippen LogP contribution >= 0.6 is 23.2 Å². The van der Waals surface area contributed by atoms with Crippen LogP contribution in [-0.4, -0.2) is 64.2 Å². The third-order valence-corrected chi connectivity index (χ3v) is 7.93. The van der Waals surface area contributed by atoms with E-state index in [0.717, 1.165) is 55.6 Å². The zero-order chi connectivity index (χ0) is 24.0. The van der Waals surface area contributed by atoms with Gasteiger partial charge in [-0.05, 0) is 61.2 Å². The molecule has 1 fully saturated rings. The van der Waals surface area contributed by atoms with Gasteiger partial charge in [-0.25, -0.2) is 13.1 Å². The number of ether oxygens (including phenoxy) is 1. The largest absolute Gasteiger partial charge is 0.494 e. The molecule has 1 saturated heterocycles. The maximum Gasteiger partial charge on any atom is 0.240 e. The van der Waals surface area contributed by atoms with Crippen LogP contribution in [0, 0.1) is 0 Å². The summed E-state index contributed by atoms with van der Waals surface area (Å²) in [5.74, 6) is 0.677. The highest BCUT2D eigenvalue weighted by molar-refractivity contribution is 7.89. The Morgan fingerprint density at radius 3 is 2.59 bits per heavy atom. The number of rotatable bonds is 11. The van der Waals surface area contributed by atoms with Gasteiger partial charge in [0, 0.05) is 55.9 Å². The fourth-order valence-corrected chi connectivity index (χ4v) is 5.74. The number of hydrogen-bond acceptors (Lipinski definition) is 5. The minimum Gasteiger partial charge on any atom is -0.494 e. The van der Waals surface area contributed by atoms with Gasteiger partial charge in [-0.1, -0.05) is 23.2 Å². The molecule has 34 heavy (non-hydrogen) atoms. The van der Waals surface area contributed by atoms with Crippen molar-refractivity contribution < 1.29 is 13.2 Å². The number of piperazine rings is 1. The molecule has 0 radical (unpaired) electrons. The third kappa shape index (κ3) is 6.65. The van der Waals surface area contributed by atoms with Gasteiger partial charge >= 0.3 is 0 Å². The first kappa shape index (κ1) is 25.3. The highest BCUT2D eigenvalue weighted by Crippen LogP contribution is 2.30. The Balaban J connectivity index is 1.21. The van der Waals surface area contributed by atoms with Crippen LogP contribution in [0.3, 0.4) is 0 Å². The van der Waals surface area contributed by atoms with Crippen molar-refractivity contribution in [2.24, 2.45) is 0 Å². The van der Waals surface area contributed by atoms with Crippen molar-refractivity contribution in [2.45, 2.75) is 24.2 Å². The summed E-state index contributed by atoms with van der Waals surface area (Å²) in [5, 5.41) is 5.45. The number of aromatic amines is 1. The third-order valence-electron chi connectivity index (χ3n) is 5.94. The monoisotopic (exact) mass is 524 g/mol. The predicted molar refractivity (Wildman–Crippen MR) is 138 cm³/mol. The molecule has 1 aliphatic rings. The van der Waals surface area contributed by atoms with Crippen molar-refractivity contribution in [3.05, 3.63) is 58.2 Å². The molecule has 0 atom stereocenters. The lowest BCUT2D eigenvalue weighted by Gasteiger charge is -2.26. The molecule has 0 spiro atoms. The highest BCUT2D eigenvalue weighted by Gasteiger charge is 2.14. The van der Waals surface area contributed by atoms with Gasteiger partial charge in [0.05, 0.1) is 22.0 Å². The minimum atomic E-state index is -3.58. The molecular formula is C24H30Cl2N4O3S. The summed E-state index contributed by atoms with van der Waals surface area (Å²) in [6, 6.07) is 10.1. The summed E-state index contributed by atoms with van der Waals surface area (Å²) in [6.07, 6.45) is 4.17. The van der Waals surface area contributed by atoms with Crippen molar-refractivity contribution in [2.75, 3.05) is 45.9 Å². The molecule has 1 aliphatic heterocycles. The maximum atomic E-state index is 12.6. The Labute approximate surface area is 210 Å². The minimum absolute atomic E-state index is 0.228. The second kappa shape index (κ2) is 11.7. The van der Waals surface area contributed by atoms with E-state index in [1.807, 2.05) is 12.3 Å². The summed E-state index contributed by atoms with van der Waals surface area (Å²) in [7, 11) is -3.58. The lowest BCUT2D eigenvalue weighted by atomic mass is 10.1. The number of nitrogens with one attached hydrogen (secondary N) is 3. The summed E-state index contributed by atoms with van der Waals surface area (Å²) < 4.78 is 33.7. The normalized spacial score (nSPS) is 15.1. The van der Waals surface area contributed by atoms with E-state index in [-0.39, 0.29) is 4.90 Å². The highest BCUT2D eigenvalue weighted by atomic mass is 35.5. The first-order valence-corrected chi connectivity index (χ1v) is 13.8. The zero-order valence-corrected chi connectivity index (χ0v) is 21.3. The van der Waals surface area contributed by atoms with Gasteiger partial charge in [-0.15, -0.1) is 0 Å². The summed E-state index contributed by atoms with van der Waals surface area (Å²) >= 11 is 12.3. The average molecular weight is 526 g/mol. The number of fused-ring (bicyclic) bond motifs is 1. The van der Waals surface area contributed by atoms with Crippen molar-refractivity contribution in [3.63, 3.8) is 0 Å². The molecule has 1 aromatic heterocycles. The van der Waals surface area contributed by atoms with Crippen LogP contribution in [-0.2, 0) is 16.4 Å². The number of benzene rings is 2. The summed E-state index contributed by atoms with van der Waals surface area (Å²) in [4.78, 5) is 5.81. The number of sulfonamides is 1. The quantitative estimate of drug-likeness (QED) is 0.329. The summed E-state index contributed by atoms with van der Waals surface area (Å²) in [5.41, 5.74) is 1.89. The molecule has 10 heteroatoms. The topological polar surface area (TPSA) is 86.5 Å². The number of hydrogen-bond donors (Lipinski definition) is 3. The predicted octanol–water partition coefficient (Wildman–Crippen LogP) is 4.06. The molecule has 7 nitrogen and oxygen atoms in total. The fourth-order valence-electron chi connectivity index (χ4n) is 4.11. The van der Waals surface area contributed by atoms with Gasteiger partial charge < -0.3 is 19.9 Å². The number of halogens is 2. The van der Waals surface area contributed by atoms with Crippen molar-refractivity contribution >= 4 is 44.1 Å². The number of H-pyrrole nitrogens is 1. The Kier molecular flexibility index (Phi) is 8.74. The van der Waals surface area contributed by atoms with Crippen LogP contribution in [0.1, 0.15) is 18.4 Å². The van der Waals surface area contributed by atoms with Crippen LogP contribution in [0.2, 0.25) is 10.0 Å². The Bertz CT molecular complexity index is 1190. The molecule has 2 aromatic carbocycles. The molecular weight excluding hydrogens is 495 g/mol. The van der Waals surface area contributed by atoms with E-state index in [1.165, 1.54) is 0 Å². The first-order chi connectivity index (χ1) is 16.4. The van der Waals surface area contributed by atoms with Gasteiger partial charge in [0.15, 0.2) is 0 Å². The van der Waals surface area contributed by atoms with Crippen LogP contribution < -0.4 is 14.8 Å². The first-order valence-electron chi connectivity index (χ1n) is 11.5. The Morgan fingerprint density at radius 1 is 1.06 bits per heavy atom. The standard InChI is InChI=1S/C24H30Cl2N4O3S/c25-19-15-22-18(17-28-24(22)23(26)16-19)3-1-8-29-34(31,32)21-6-4-20(5-7-21)33-14-2-11-30-12-9-27-10-13-30/h4-7,15-17,27-29H,1-3,8-14H2. The van der Waals surface area contributed by atoms with Crippen molar-refractivity contribution in [1.29, 1.82) is 0 Å². The molecule has 3 aromatic rings. The second-order valence-corrected chi connectivity index (χ2v) is 11.0. The molecule has 184 valence electrons. The molecule has 3 N–H and O–H groups in total. The maximum absolute atomic E-state index is 12.6. The lowest BCUT2D eigenvalue weighted by Crippen LogP contribution is -2.43. The van der Waals surface area contributed by atoms with Gasteiger partial charge in [0.2, 0.25) is 10.0 Å². The number of aromatic nitrogens is 1. The molecule has 2 heterocycles. The van der Waals surface area contributed by atoms with Crippen molar-refractivity contribution in [3.8, 4) is 5.75 Å². The zero-order valence-electron chi connectivity index (χ0n) is 18.9. The van der Waals surface area contributed by atoms with E-state index >= 15 is 0 Å². The molecule has 0 bridgehead atoms. The molecule has 0 saturated carbocycles. The Hall–Kier alpha value is -1.81. The average Bonchev–Trinajstić information content (AvgIpc) is 3.24. The Morgan fingerprint density at radius 2 is 1.82 bits per heavy atom. The fraction of sp³-hybridized carbons (Fsp3) is 0.417. The van der Waals surface area contributed by atoms with Gasteiger partial charge in [-0.3, -0.25) is 0 Å². The van der Waals surface area contributed by atoms with E-state index < -0.39 is 10.0 Å². The van der Waals surface area contributed by atoms with E-state index in [4.69, 9.17) is 27.9 Å². The van der Waals surface area contributed by atoms with Gasteiger partial charge in [0.1, 0.15) is 5.75 Å². The molecule has 0 aliphatic carbocycles. The molecule has 0 unspecified atom stereocenters. The van der Waals surface area contributed by atoms with E-state index in [9.17, 15) is 8.42 Å².